The lowest BCUT2D eigenvalue weighted by Gasteiger charge is -2.43. The summed E-state index contributed by atoms with van der Waals surface area (Å²) in [6, 6.07) is 7.99. The number of rotatable bonds is 11. The minimum Gasteiger partial charge on any atom is -0.480 e. The monoisotopic (exact) mass is 537 g/mol. The number of aromatic nitrogens is 1. The molecular weight excluding hydrogens is 497 g/mol. The van der Waals surface area contributed by atoms with Gasteiger partial charge in [0.05, 0.1) is 18.8 Å². The summed E-state index contributed by atoms with van der Waals surface area (Å²) in [5, 5.41) is 13.5. The Kier molecular flexibility index (Phi) is 7.87. The van der Waals surface area contributed by atoms with E-state index in [-0.39, 0.29) is 12.2 Å². The Balaban J connectivity index is 0.958. The number of unbranched alkanes of at least 4 members (excludes halogenated alkanes) is 2. The number of likely N-dealkylation sites (tertiary alicyclic amines) is 1. The molecule has 2 aromatic rings. The van der Waals surface area contributed by atoms with Gasteiger partial charge in [-0.25, -0.2) is 9.37 Å². The number of aryl methyl sites for hydroxylation is 2. The molecule has 8 heteroatoms. The summed E-state index contributed by atoms with van der Waals surface area (Å²) >= 11 is 0. The van der Waals surface area contributed by atoms with Crippen LogP contribution in [-0.2, 0) is 27.1 Å². The molecule has 2 atom stereocenters. The van der Waals surface area contributed by atoms with E-state index in [9.17, 15) is 14.3 Å². The fourth-order valence-corrected chi connectivity index (χ4v) is 6.38. The summed E-state index contributed by atoms with van der Waals surface area (Å²) in [5.41, 5.74) is 4.14. The van der Waals surface area contributed by atoms with Crippen molar-refractivity contribution in [1.29, 1.82) is 0 Å². The molecule has 1 aromatic heterocycles. The Labute approximate surface area is 230 Å². The summed E-state index contributed by atoms with van der Waals surface area (Å²) in [7, 11) is 0. The van der Waals surface area contributed by atoms with Gasteiger partial charge in [-0.05, 0) is 98.1 Å². The number of ether oxygens (including phenoxy) is 2. The van der Waals surface area contributed by atoms with Crippen LogP contribution in [0, 0.1) is 11.2 Å². The number of halogens is 1. The van der Waals surface area contributed by atoms with Gasteiger partial charge in [0, 0.05) is 31.9 Å². The van der Waals surface area contributed by atoms with Crippen LogP contribution in [0.25, 0.3) is 0 Å². The van der Waals surface area contributed by atoms with Gasteiger partial charge in [0.2, 0.25) is 0 Å². The van der Waals surface area contributed by atoms with Crippen LogP contribution in [0.4, 0.5) is 10.2 Å². The quantitative estimate of drug-likeness (QED) is 0.369. The highest BCUT2D eigenvalue weighted by Crippen LogP contribution is 2.55. The summed E-state index contributed by atoms with van der Waals surface area (Å²) in [6.45, 7) is 3.46. The maximum absolute atomic E-state index is 14.3. The topological polar surface area (TPSA) is 83.9 Å². The molecule has 3 fully saturated rings. The van der Waals surface area contributed by atoms with Gasteiger partial charge in [-0.15, -0.1) is 0 Å². The lowest BCUT2D eigenvalue weighted by Crippen LogP contribution is -2.55. The summed E-state index contributed by atoms with van der Waals surface area (Å²) in [6.07, 6.45) is 10.6. The SMILES string of the molecule is O=C(O)C(c1cc(F)ccc1[C@@H]1CCC2(CC2)CO1)N1CC(OCCCCCc2ccc3c(n2)NCCC3)C1. The first-order valence-corrected chi connectivity index (χ1v) is 14.7. The molecule has 210 valence electrons. The third kappa shape index (κ3) is 6.13. The summed E-state index contributed by atoms with van der Waals surface area (Å²) < 4.78 is 26.5. The first-order valence-electron chi connectivity index (χ1n) is 14.7. The van der Waals surface area contributed by atoms with Crippen LogP contribution >= 0.6 is 0 Å². The Morgan fingerprint density at radius 2 is 2.08 bits per heavy atom. The van der Waals surface area contributed by atoms with Crippen LogP contribution in [0.15, 0.2) is 30.3 Å². The predicted molar refractivity (Wildman–Crippen MR) is 146 cm³/mol. The molecule has 0 bridgehead atoms. The smallest absolute Gasteiger partial charge is 0.325 e. The van der Waals surface area contributed by atoms with E-state index >= 15 is 0 Å². The van der Waals surface area contributed by atoms with Crippen LogP contribution in [0.1, 0.15) is 85.9 Å². The van der Waals surface area contributed by atoms with E-state index in [2.05, 4.69) is 17.4 Å². The number of hydrogen-bond acceptors (Lipinski definition) is 6. The van der Waals surface area contributed by atoms with Crippen molar-refractivity contribution in [1.82, 2.24) is 9.88 Å². The number of pyridine rings is 1. The molecule has 2 saturated heterocycles. The normalized spacial score (nSPS) is 23.1. The molecular formula is C31H40FN3O4. The van der Waals surface area contributed by atoms with E-state index in [0.717, 1.165) is 68.6 Å². The van der Waals surface area contributed by atoms with Gasteiger partial charge < -0.3 is 19.9 Å². The van der Waals surface area contributed by atoms with Crippen LogP contribution in [-0.4, -0.2) is 59.9 Å². The fourth-order valence-electron chi connectivity index (χ4n) is 6.38. The number of benzene rings is 1. The highest BCUT2D eigenvalue weighted by Gasteiger charge is 2.47. The van der Waals surface area contributed by atoms with Gasteiger partial charge >= 0.3 is 5.97 Å². The summed E-state index contributed by atoms with van der Waals surface area (Å²) in [5.74, 6) is -0.315. The van der Waals surface area contributed by atoms with Crippen molar-refractivity contribution < 1.29 is 23.8 Å². The summed E-state index contributed by atoms with van der Waals surface area (Å²) in [4.78, 5) is 19.0. The maximum atomic E-state index is 14.3. The van der Waals surface area contributed by atoms with Crippen molar-refractivity contribution in [3.63, 3.8) is 0 Å². The van der Waals surface area contributed by atoms with Crippen molar-refractivity contribution in [3.8, 4) is 0 Å². The lowest BCUT2D eigenvalue weighted by atomic mass is 9.87. The van der Waals surface area contributed by atoms with Crippen molar-refractivity contribution in [2.75, 3.05) is 38.2 Å². The Morgan fingerprint density at radius 3 is 2.85 bits per heavy atom. The first-order chi connectivity index (χ1) is 19.0. The number of carboxylic acid groups (broad SMARTS) is 1. The van der Waals surface area contributed by atoms with Gasteiger partial charge in [0.15, 0.2) is 0 Å². The maximum Gasteiger partial charge on any atom is 0.325 e. The van der Waals surface area contributed by atoms with Crippen molar-refractivity contribution in [2.24, 2.45) is 5.41 Å². The second kappa shape index (κ2) is 11.5. The molecule has 6 rings (SSSR count). The molecule has 1 aromatic carbocycles. The third-order valence-electron chi connectivity index (χ3n) is 9.03. The zero-order valence-corrected chi connectivity index (χ0v) is 22.7. The van der Waals surface area contributed by atoms with E-state index in [1.165, 1.54) is 37.0 Å². The Hall–Kier alpha value is -2.55. The predicted octanol–water partition coefficient (Wildman–Crippen LogP) is 5.45. The third-order valence-corrected chi connectivity index (χ3v) is 9.03. The van der Waals surface area contributed by atoms with Gasteiger partial charge in [-0.2, -0.15) is 0 Å². The van der Waals surface area contributed by atoms with Gasteiger partial charge in [-0.1, -0.05) is 18.6 Å². The zero-order chi connectivity index (χ0) is 26.8. The number of nitrogens with zero attached hydrogens (tertiary/aromatic N) is 2. The fraction of sp³-hybridized carbons (Fsp3) is 0.613. The molecule has 0 amide bonds. The van der Waals surface area contributed by atoms with Crippen LogP contribution in [0.2, 0.25) is 0 Å². The van der Waals surface area contributed by atoms with Crippen LogP contribution in [0.5, 0.6) is 0 Å². The average molecular weight is 538 g/mol. The van der Waals surface area contributed by atoms with Gasteiger partial charge in [0.1, 0.15) is 17.7 Å². The van der Waals surface area contributed by atoms with Crippen LogP contribution < -0.4 is 5.32 Å². The lowest BCUT2D eigenvalue weighted by molar-refractivity contribution is -0.151. The van der Waals surface area contributed by atoms with E-state index in [1.807, 2.05) is 4.90 Å². The van der Waals surface area contributed by atoms with E-state index in [4.69, 9.17) is 14.5 Å². The highest BCUT2D eigenvalue weighted by molar-refractivity contribution is 5.76. The minimum absolute atomic E-state index is 0.0119. The second-order valence-electron chi connectivity index (χ2n) is 12.0. The number of anilines is 1. The number of fused-ring (bicyclic) bond motifs is 1. The number of carbonyl (C=O) groups is 1. The second-order valence-corrected chi connectivity index (χ2v) is 12.0. The van der Waals surface area contributed by atoms with Crippen molar-refractivity contribution in [2.45, 2.75) is 82.5 Å². The number of hydrogen-bond donors (Lipinski definition) is 2. The molecule has 4 heterocycles. The number of nitrogens with one attached hydrogen (secondary N) is 1. The number of aliphatic carboxylic acids is 1. The van der Waals surface area contributed by atoms with E-state index in [1.54, 1.807) is 6.07 Å². The molecule has 7 nitrogen and oxygen atoms in total. The first kappa shape index (κ1) is 26.7. The number of carboxylic acids is 1. The van der Waals surface area contributed by atoms with Gasteiger partial charge in [-0.3, -0.25) is 9.69 Å². The van der Waals surface area contributed by atoms with Gasteiger partial charge in [0.25, 0.3) is 0 Å². The molecule has 0 radical (unpaired) electrons. The van der Waals surface area contributed by atoms with Crippen molar-refractivity contribution in [3.05, 3.63) is 58.5 Å². The average Bonchev–Trinajstić information content (AvgIpc) is 3.67. The van der Waals surface area contributed by atoms with E-state index < -0.39 is 17.8 Å². The Bertz CT molecular complexity index is 1170. The molecule has 2 N–H and O–H groups in total. The standard InChI is InChI=1S/C31H40FN3O4/c32-22-8-10-25(27-11-12-31(13-14-31)20-39-27)26(17-22)28(30(36)37)35-18-24(19-35)38-16-3-1-2-6-23-9-7-21-5-4-15-33-29(21)34-23/h7-10,17,24,27-28H,1-6,11-16,18-20H2,(H,33,34)(H,36,37)/t27-,28?/m0/s1. The zero-order valence-electron chi connectivity index (χ0n) is 22.7. The molecule has 1 aliphatic carbocycles. The van der Waals surface area contributed by atoms with Crippen LogP contribution in [0.3, 0.4) is 0 Å². The molecule has 4 aliphatic rings. The molecule has 3 aliphatic heterocycles. The Morgan fingerprint density at radius 1 is 1.21 bits per heavy atom. The van der Waals surface area contributed by atoms with Crippen molar-refractivity contribution >= 4 is 11.8 Å². The highest BCUT2D eigenvalue weighted by atomic mass is 19.1. The van der Waals surface area contributed by atoms with E-state index in [0.29, 0.717) is 37.3 Å². The molecule has 1 spiro atoms. The minimum atomic E-state index is -0.958. The molecule has 1 saturated carbocycles. The molecule has 1 unspecified atom stereocenters. The molecule has 39 heavy (non-hydrogen) atoms. The largest absolute Gasteiger partial charge is 0.480 e.